The number of amides is 2. The molecule has 0 saturated carbocycles. The van der Waals surface area contributed by atoms with Gasteiger partial charge in [-0.15, -0.1) is 12.4 Å². The highest BCUT2D eigenvalue weighted by Crippen LogP contribution is 2.24. The standard InChI is InChI=1S/C16H31N3O2.ClH/c1-12(13-6-8-17-9-7-13)10-15(21)19(5)11-14(20)18-16(2,3)4;/h12-13,17H,6-11H2,1-5H3,(H,18,20);1H. The molecule has 2 amide bonds. The van der Waals surface area contributed by atoms with Crippen molar-refractivity contribution in [3.8, 4) is 0 Å². The molecule has 1 heterocycles. The Morgan fingerprint density at radius 2 is 1.82 bits per heavy atom. The second-order valence-corrected chi connectivity index (χ2v) is 7.32. The van der Waals surface area contributed by atoms with Gasteiger partial charge in [0.15, 0.2) is 0 Å². The highest BCUT2D eigenvalue weighted by molar-refractivity contribution is 5.85. The average Bonchev–Trinajstić information content (AvgIpc) is 2.37. The zero-order chi connectivity index (χ0) is 16.0. The Kier molecular flexibility index (Phi) is 9.01. The van der Waals surface area contributed by atoms with Crippen LogP contribution in [0.3, 0.4) is 0 Å². The van der Waals surface area contributed by atoms with Crippen LogP contribution in [0.15, 0.2) is 0 Å². The highest BCUT2D eigenvalue weighted by atomic mass is 35.5. The summed E-state index contributed by atoms with van der Waals surface area (Å²) < 4.78 is 0. The molecule has 1 saturated heterocycles. The van der Waals surface area contributed by atoms with Crippen molar-refractivity contribution in [2.24, 2.45) is 11.8 Å². The van der Waals surface area contributed by atoms with E-state index in [2.05, 4.69) is 17.6 Å². The maximum absolute atomic E-state index is 12.2. The van der Waals surface area contributed by atoms with Crippen molar-refractivity contribution in [3.63, 3.8) is 0 Å². The third kappa shape index (κ3) is 7.99. The quantitative estimate of drug-likeness (QED) is 0.806. The van der Waals surface area contributed by atoms with Gasteiger partial charge in [-0.2, -0.15) is 0 Å². The van der Waals surface area contributed by atoms with Crippen LogP contribution in [0, 0.1) is 11.8 Å². The van der Waals surface area contributed by atoms with Crippen LogP contribution in [0.1, 0.15) is 47.0 Å². The smallest absolute Gasteiger partial charge is 0.240 e. The van der Waals surface area contributed by atoms with E-state index in [1.54, 1.807) is 11.9 Å². The van der Waals surface area contributed by atoms with Gasteiger partial charge >= 0.3 is 0 Å². The molecule has 1 fully saturated rings. The molecule has 22 heavy (non-hydrogen) atoms. The molecule has 1 aliphatic rings. The fourth-order valence-electron chi connectivity index (χ4n) is 2.77. The topological polar surface area (TPSA) is 61.4 Å². The summed E-state index contributed by atoms with van der Waals surface area (Å²) in [6.07, 6.45) is 2.81. The number of piperidine rings is 1. The van der Waals surface area contributed by atoms with E-state index in [4.69, 9.17) is 0 Å². The summed E-state index contributed by atoms with van der Waals surface area (Å²) in [5.41, 5.74) is -0.261. The molecule has 5 nitrogen and oxygen atoms in total. The summed E-state index contributed by atoms with van der Waals surface area (Å²) in [4.78, 5) is 25.6. The molecular formula is C16H32ClN3O2. The molecule has 0 aromatic carbocycles. The molecule has 1 aliphatic heterocycles. The van der Waals surface area contributed by atoms with Crippen LogP contribution in [0.25, 0.3) is 0 Å². The normalized spacial score (nSPS) is 17.3. The largest absolute Gasteiger partial charge is 0.350 e. The molecule has 6 heteroatoms. The molecule has 2 N–H and O–H groups in total. The van der Waals surface area contributed by atoms with E-state index in [9.17, 15) is 9.59 Å². The van der Waals surface area contributed by atoms with Crippen LogP contribution in [0.4, 0.5) is 0 Å². The molecule has 130 valence electrons. The Balaban J connectivity index is 0.00000441. The number of halogens is 1. The predicted molar refractivity (Wildman–Crippen MR) is 92.2 cm³/mol. The first-order valence-electron chi connectivity index (χ1n) is 7.94. The number of carbonyl (C=O) groups is 2. The summed E-state index contributed by atoms with van der Waals surface area (Å²) in [7, 11) is 1.71. The maximum Gasteiger partial charge on any atom is 0.240 e. The van der Waals surface area contributed by atoms with Gasteiger partial charge in [-0.1, -0.05) is 6.92 Å². The Morgan fingerprint density at radius 3 is 2.32 bits per heavy atom. The molecule has 1 atom stereocenters. The van der Waals surface area contributed by atoms with Crippen molar-refractivity contribution < 1.29 is 9.59 Å². The number of nitrogens with zero attached hydrogens (tertiary/aromatic N) is 1. The first kappa shape index (κ1) is 21.2. The van der Waals surface area contributed by atoms with Gasteiger partial charge in [0.2, 0.25) is 11.8 Å². The molecule has 0 spiro atoms. The van der Waals surface area contributed by atoms with Gasteiger partial charge in [0, 0.05) is 19.0 Å². The van der Waals surface area contributed by atoms with Crippen molar-refractivity contribution >= 4 is 24.2 Å². The maximum atomic E-state index is 12.2. The molecule has 1 rings (SSSR count). The third-order valence-corrected chi connectivity index (χ3v) is 4.01. The van der Waals surface area contributed by atoms with Crippen molar-refractivity contribution in [3.05, 3.63) is 0 Å². The summed E-state index contributed by atoms with van der Waals surface area (Å²) in [6.45, 7) is 10.2. The minimum atomic E-state index is -0.261. The number of carbonyl (C=O) groups excluding carboxylic acids is 2. The van der Waals surface area contributed by atoms with E-state index in [0.29, 0.717) is 18.3 Å². The fourth-order valence-corrected chi connectivity index (χ4v) is 2.77. The molecule has 0 bridgehead atoms. The van der Waals surface area contributed by atoms with E-state index in [-0.39, 0.29) is 36.3 Å². The third-order valence-electron chi connectivity index (χ3n) is 4.01. The Bertz CT molecular complexity index is 363. The molecule has 0 radical (unpaired) electrons. The zero-order valence-electron chi connectivity index (χ0n) is 14.6. The second kappa shape index (κ2) is 9.36. The minimum Gasteiger partial charge on any atom is -0.350 e. The van der Waals surface area contributed by atoms with Crippen LogP contribution in [-0.2, 0) is 9.59 Å². The van der Waals surface area contributed by atoms with Crippen LogP contribution < -0.4 is 10.6 Å². The zero-order valence-corrected chi connectivity index (χ0v) is 15.4. The predicted octanol–water partition coefficient (Wildman–Crippen LogP) is 1.81. The van der Waals surface area contributed by atoms with E-state index in [1.165, 1.54) is 0 Å². The lowest BCUT2D eigenvalue weighted by atomic mass is 9.84. The van der Waals surface area contributed by atoms with E-state index < -0.39 is 0 Å². The Morgan fingerprint density at radius 1 is 1.27 bits per heavy atom. The van der Waals surface area contributed by atoms with Crippen molar-refractivity contribution in [2.45, 2.75) is 52.5 Å². The molecule has 1 unspecified atom stereocenters. The molecular weight excluding hydrogens is 302 g/mol. The lowest BCUT2D eigenvalue weighted by Gasteiger charge is -2.29. The van der Waals surface area contributed by atoms with Gasteiger partial charge in [0.05, 0.1) is 6.54 Å². The second-order valence-electron chi connectivity index (χ2n) is 7.32. The Labute approximate surface area is 141 Å². The molecule has 0 aliphatic carbocycles. The van der Waals surface area contributed by atoms with Gasteiger partial charge in [-0.05, 0) is 58.5 Å². The number of hydrogen-bond acceptors (Lipinski definition) is 3. The van der Waals surface area contributed by atoms with Gasteiger partial charge < -0.3 is 15.5 Å². The average molecular weight is 334 g/mol. The number of rotatable bonds is 5. The number of nitrogens with one attached hydrogen (secondary N) is 2. The van der Waals surface area contributed by atoms with Gasteiger partial charge in [0.25, 0.3) is 0 Å². The van der Waals surface area contributed by atoms with Gasteiger partial charge in [-0.25, -0.2) is 0 Å². The van der Waals surface area contributed by atoms with E-state index >= 15 is 0 Å². The molecule has 0 aromatic rings. The van der Waals surface area contributed by atoms with E-state index in [1.807, 2.05) is 20.8 Å². The van der Waals surface area contributed by atoms with Gasteiger partial charge in [0.1, 0.15) is 0 Å². The summed E-state index contributed by atoms with van der Waals surface area (Å²) in [5.74, 6) is 0.956. The van der Waals surface area contributed by atoms with Crippen LogP contribution in [0.2, 0.25) is 0 Å². The summed E-state index contributed by atoms with van der Waals surface area (Å²) in [6, 6.07) is 0. The number of likely N-dealkylation sites (N-methyl/N-ethyl adjacent to an activating group) is 1. The fraction of sp³-hybridized carbons (Fsp3) is 0.875. The lowest BCUT2D eigenvalue weighted by Crippen LogP contribution is -2.46. The lowest BCUT2D eigenvalue weighted by molar-refractivity contribution is -0.136. The first-order valence-corrected chi connectivity index (χ1v) is 7.94. The summed E-state index contributed by atoms with van der Waals surface area (Å²) >= 11 is 0. The van der Waals surface area contributed by atoms with E-state index in [0.717, 1.165) is 25.9 Å². The molecule has 0 aromatic heterocycles. The minimum absolute atomic E-state index is 0. The first-order chi connectivity index (χ1) is 9.69. The van der Waals surface area contributed by atoms with Crippen LogP contribution in [-0.4, -0.2) is 48.9 Å². The monoisotopic (exact) mass is 333 g/mol. The van der Waals surface area contributed by atoms with Crippen molar-refractivity contribution in [1.29, 1.82) is 0 Å². The SMILES string of the molecule is CC(CC(=O)N(C)CC(=O)NC(C)(C)C)C1CCNCC1.Cl. The van der Waals surface area contributed by atoms with Gasteiger partial charge in [-0.3, -0.25) is 9.59 Å². The van der Waals surface area contributed by atoms with Crippen LogP contribution in [0.5, 0.6) is 0 Å². The van der Waals surface area contributed by atoms with Crippen LogP contribution >= 0.6 is 12.4 Å². The number of hydrogen-bond donors (Lipinski definition) is 2. The van der Waals surface area contributed by atoms with Crippen molar-refractivity contribution in [2.75, 3.05) is 26.7 Å². The highest BCUT2D eigenvalue weighted by Gasteiger charge is 2.24. The van der Waals surface area contributed by atoms with Crippen molar-refractivity contribution in [1.82, 2.24) is 15.5 Å². The summed E-state index contributed by atoms with van der Waals surface area (Å²) in [5, 5.41) is 6.23. The Hall–Kier alpha value is -0.810.